The summed E-state index contributed by atoms with van der Waals surface area (Å²) in [5.74, 6) is -1.41. The molecule has 0 fully saturated rings. The van der Waals surface area contributed by atoms with Crippen LogP contribution in [-0.4, -0.2) is 41.9 Å². The minimum Gasteiger partial charge on any atom is -0.481 e. The van der Waals surface area contributed by atoms with Crippen molar-refractivity contribution < 1.29 is 9.90 Å². The van der Waals surface area contributed by atoms with E-state index in [2.05, 4.69) is 30.8 Å². The minimum absolute atomic E-state index is 0.316. The molecule has 0 aliphatic carbocycles. The normalized spacial score (nSPS) is 12.8. The van der Waals surface area contributed by atoms with E-state index in [1.165, 1.54) is 0 Å². The number of aromatic nitrogens is 6. The van der Waals surface area contributed by atoms with Gasteiger partial charge in [0.2, 0.25) is 5.82 Å². The van der Waals surface area contributed by atoms with Crippen LogP contribution in [0.5, 0.6) is 0 Å². The van der Waals surface area contributed by atoms with Crippen molar-refractivity contribution in [1.29, 1.82) is 0 Å². The van der Waals surface area contributed by atoms with E-state index in [-0.39, 0.29) is 5.92 Å². The number of carboxylic acid groups (broad SMARTS) is 1. The van der Waals surface area contributed by atoms with Crippen LogP contribution in [0, 0.1) is 0 Å². The molecule has 0 aliphatic rings. The van der Waals surface area contributed by atoms with Crippen LogP contribution in [0.4, 0.5) is 0 Å². The summed E-state index contributed by atoms with van der Waals surface area (Å²) < 4.78 is 0. The van der Waals surface area contributed by atoms with Crippen molar-refractivity contribution in [2.75, 3.05) is 0 Å². The summed E-state index contributed by atoms with van der Waals surface area (Å²) in [7, 11) is 0. The molecule has 3 N–H and O–H groups in total. The Kier molecular flexibility index (Phi) is 5.94. The van der Waals surface area contributed by atoms with Gasteiger partial charge in [0.05, 0.1) is 11.6 Å². The molecule has 2 heterocycles. The highest BCUT2D eigenvalue weighted by Gasteiger charge is 2.31. The third-order valence-electron chi connectivity index (χ3n) is 5.94. The second kappa shape index (κ2) is 9.50. The van der Waals surface area contributed by atoms with Gasteiger partial charge in [0.1, 0.15) is 0 Å². The lowest BCUT2D eigenvalue weighted by Crippen LogP contribution is -2.22. The summed E-state index contributed by atoms with van der Waals surface area (Å²) in [5.41, 5.74) is 5.35. The molecule has 0 amide bonds. The fourth-order valence-electron chi connectivity index (χ4n) is 4.36. The second-order valence-electron chi connectivity index (χ2n) is 8.07. The van der Waals surface area contributed by atoms with Gasteiger partial charge in [0.15, 0.2) is 0 Å². The first-order valence-corrected chi connectivity index (χ1v) is 10.9. The first-order valence-electron chi connectivity index (χ1n) is 10.9. The predicted octanol–water partition coefficient (Wildman–Crippen LogP) is 4.45. The average Bonchev–Trinajstić information content (AvgIpc) is 3.59. The fourth-order valence-corrected chi connectivity index (χ4v) is 4.36. The Bertz CT molecular complexity index is 1370. The molecular weight excluding hydrogens is 428 g/mol. The smallest absolute Gasteiger partial charge is 0.311 e. The topological polar surface area (TPSA) is 120 Å². The van der Waals surface area contributed by atoms with E-state index in [4.69, 9.17) is 0 Å². The molecule has 5 aromatic rings. The van der Waals surface area contributed by atoms with Gasteiger partial charge in [-0.2, -0.15) is 10.3 Å². The van der Waals surface area contributed by atoms with Gasteiger partial charge >= 0.3 is 5.97 Å². The molecule has 8 heteroatoms. The highest BCUT2D eigenvalue weighted by molar-refractivity contribution is 5.78. The van der Waals surface area contributed by atoms with E-state index in [1.807, 2.05) is 84.9 Å². The van der Waals surface area contributed by atoms with E-state index in [0.29, 0.717) is 12.2 Å². The van der Waals surface area contributed by atoms with E-state index in [9.17, 15) is 9.90 Å². The van der Waals surface area contributed by atoms with E-state index in [1.54, 1.807) is 6.20 Å². The number of aromatic amines is 2. The third kappa shape index (κ3) is 4.47. The van der Waals surface area contributed by atoms with Crippen molar-refractivity contribution in [3.05, 3.63) is 108 Å². The van der Waals surface area contributed by atoms with E-state index >= 15 is 0 Å². The number of tetrazole rings is 1. The predicted molar refractivity (Wildman–Crippen MR) is 127 cm³/mol. The molecule has 34 heavy (non-hydrogen) atoms. The molecule has 0 saturated heterocycles. The van der Waals surface area contributed by atoms with Crippen molar-refractivity contribution in [3.63, 3.8) is 0 Å². The molecule has 168 valence electrons. The van der Waals surface area contributed by atoms with Crippen LogP contribution >= 0.6 is 0 Å². The number of H-pyrrole nitrogens is 2. The highest BCUT2D eigenvalue weighted by atomic mass is 16.4. The molecule has 0 spiro atoms. The Morgan fingerprint density at radius 1 is 0.882 bits per heavy atom. The first kappa shape index (κ1) is 21.3. The van der Waals surface area contributed by atoms with Gasteiger partial charge in [0, 0.05) is 17.7 Å². The maximum atomic E-state index is 12.6. The molecule has 2 atom stereocenters. The standard InChI is InChI=1S/C26H22N6O2/c33-26(34)24(18-7-2-1-3-8-18)22(19-9-5-10-20(16-19)23-12-13-27-28-23)15-17-6-4-11-21(14-17)25-29-31-32-30-25/h1-14,16,22,24H,15H2,(H,27,28)(H,33,34)(H,29,30,31,32). The van der Waals surface area contributed by atoms with E-state index < -0.39 is 11.9 Å². The van der Waals surface area contributed by atoms with Crippen LogP contribution < -0.4 is 0 Å². The van der Waals surface area contributed by atoms with Crippen molar-refractivity contribution in [2.24, 2.45) is 0 Å². The lowest BCUT2D eigenvalue weighted by atomic mass is 9.77. The SMILES string of the molecule is O=C(O)C(c1ccccc1)C(Cc1cccc(-c2nn[nH]n2)c1)c1cccc(-c2ccn[nH]2)c1. The number of hydrogen-bond acceptors (Lipinski definition) is 5. The summed E-state index contributed by atoms with van der Waals surface area (Å²) in [4.78, 5) is 12.6. The molecule has 0 saturated carbocycles. The summed E-state index contributed by atoms with van der Waals surface area (Å²) in [6, 6.07) is 27.1. The van der Waals surface area contributed by atoms with Gasteiger partial charge in [0.25, 0.3) is 0 Å². The number of carboxylic acids is 1. The summed E-state index contributed by atoms with van der Waals surface area (Å²) in [5, 5.41) is 31.6. The van der Waals surface area contributed by atoms with Crippen molar-refractivity contribution in [2.45, 2.75) is 18.3 Å². The van der Waals surface area contributed by atoms with Crippen molar-refractivity contribution in [1.82, 2.24) is 30.8 Å². The number of rotatable bonds is 8. The molecule has 8 nitrogen and oxygen atoms in total. The Morgan fingerprint density at radius 3 is 2.41 bits per heavy atom. The summed E-state index contributed by atoms with van der Waals surface area (Å²) in [6.45, 7) is 0. The van der Waals surface area contributed by atoms with Crippen molar-refractivity contribution >= 4 is 5.97 Å². The molecule has 3 aromatic carbocycles. The zero-order valence-corrected chi connectivity index (χ0v) is 18.2. The second-order valence-corrected chi connectivity index (χ2v) is 8.07. The number of carbonyl (C=O) groups is 1. The number of benzene rings is 3. The number of hydrogen-bond donors (Lipinski definition) is 3. The Balaban J connectivity index is 1.59. The molecule has 2 unspecified atom stereocenters. The van der Waals surface area contributed by atoms with Crippen LogP contribution in [0.3, 0.4) is 0 Å². The van der Waals surface area contributed by atoms with Gasteiger partial charge in [-0.1, -0.05) is 66.7 Å². The molecule has 2 aromatic heterocycles. The fraction of sp³-hybridized carbons (Fsp3) is 0.115. The van der Waals surface area contributed by atoms with Crippen LogP contribution in [0.2, 0.25) is 0 Å². The Labute approximate surface area is 195 Å². The molecule has 0 aliphatic heterocycles. The minimum atomic E-state index is -0.863. The maximum absolute atomic E-state index is 12.6. The quantitative estimate of drug-likeness (QED) is 0.321. The number of aliphatic carboxylic acids is 1. The zero-order valence-electron chi connectivity index (χ0n) is 18.2. The van der Waals surface area contributed by atoms with Gasteiger partial charge in [-0.05, 0) is 52.1 Å². The molecular formula is C26H22N6O2. The lowest BCUT2D eigenvalue weighted by Gasteiger charge is -2.26. The highest BCUT2D eigenvalue weighted by Crippen LogP contribution is 2.38. The van der Waals surface area contributed by atoms with Gasteiger partial charge in [-0.25, -0.2) is 0 Å². The van der Waals surface area contributed by atoms with Gasteiger partial charge in [-0.3, -0.25) is 9.89 Å². The maximum Gasteiger partial charge on any atom is 0.311 e. The average molecular weight is 451 g/mol. The van der Waals surface area contributed by atoms with Crippen LogP contribution in [0.1, 0.15) is 28.5 Å². The molecule has 5 rings (SSSR count). The summed E-state index contributed by atoms with van der Waals surface area (Å²) in [6.07, 6.45) is 2.22. The number of nitrogens with one attached hydrogen (secondary N) is 2. The first-order chi connectivity index (χ1) is 16.7. The molecule has 0 bridgehead atoms. The summed E-state index contributed by atoms with van der Waals surface area (Å²) >= 11 is 0. The van der Waals surface area contributed by atoms with Crippen LogP contribution in [-0.2, 0) is 11.2 Å². The zero-order chi connectivity index (χ0) is 23.3. The van der Waals surface area contributed by atoms with Crippen LogP contribution in [0.25, 0.3) is 22.6 Å². The molecule has 0 radical (unpaired) electrons. The Morgan fingerprint density at radius 2 is 1.68 bits per heavy atom. The van der Waals surface area contributed by atoms with Gasteiger partial charge < -0.3 is 5.11 Å². The van der Waals surface area contributed by atoms with Gasteiger partial charge in [-0.15, -0.1) is 10.2 Å². The van der Waals surface area contributed by atoms with E-state index in [0.717, 1.165) is 33.5 Å². The largest absolute Gasteiger partial charge is 0.481 e. The third-order valence-corrected chi connectivity index (χ3v) is 5.94. The van der Waals surface area contributed by atoms with Crippen molar-refractivity contribution in [3.8, 4) is 22.6 Å². The monoisotopic (exact) mass is 450 g/mol. The van der Waals surface area contributed by atoms with Crippen LogP contribution in [0.15, 0.2) is 91.1 Å². The lowest BCUT2D eigenvalue weighted by molar-refractivity contribution is -0.139. The Hall–Kier alpha value is -4.59. The number of nitrogens with zero attached hydrogens (tertiary/aromatic N) is 4.